The van der Waals surface area contributed by atoms with E-state index in [1.54, 1.807) is 28.9 Å². The van der Waals surface area contributed by atoms with Gasteiger partial charge in [0.2, 0.25) is 0 Å². The van der Waals surface area contributed by atoms with Gasteiger partial charge in [0.1, 0.15) is 0 Å². The first-order valence-electron chi connectivity index (χ1n) is 6.32. The fourth-order valence-corrected chi connectivity index (χ4v) is 2.00. The third-order valence-electron chi connectivity index (χ3n) is 3.50. The van der Waals surface area contributed by atoms with Gasteiger partial charge in [-0.2, -0.15) is 5.10 Å². The fourth-order valence-electron chi connectivity index (χ4n) is 2.00. The number of hydrogen-bond acceptors (Lipinski definition) is 3. The molecule has 0 radical (unpaired) electrons. The summed E-state index contributed by atoms with van der Waals surface area (Å²) in [5.74, 6) is -1.18. The summed E-state index contributed by atoms with van der Waals surface area (Å²) in [7, 11) is 0. The molecular formula is C12H18N4O3. The van der Waals surface area contributed by atoms with E-state index in [0.29, 0.717) is 18.8 Å². The number of aryl methyl sites for hydroxylation is 1. The first-order chi connectivity index (χ1) is 9.01. The van der Waals surface area contributed by atoms with Crippen molar-refractivity contribution in [2.75, 3.05) is 18.4 Å². The average Bonchev–Trinajstić information content (AvgIpc) is 2.74. The Morgan fingerprint density at radius 3 is 2.79 bits per heavy atom. The summed E-state index contributed by atoms with van der Waals surface area (Å²) >= 11 is 0. The molecule has 1 aromatic rings. The molecule has 104 valence electrons. The minimum atomic E-state index is -0.811. The average molecular weight is 266 g/mol. The van der Waals surface area contributed by atoms with Crippen LogP contribution in [0.25, 0.3) is 0 Å². The van der Waals surface area contributed by atoms with E-state index in [-0.39, 0.29) is 11.9 Å². The van der Waals surface area contributed by atoms with Crippen molar-refractivity contribution < 1.29 is 14.7 Å². The van der Waals surface area contributed by atoms with Gasteiger partial charge in [0.05, 0.1) is 17.8 Å². The number of nitrogens with zero attached hydrogens (tertiary/aromatic N) is 3. The Balaban J connectivity index is 1.81. The Kier molecular flexibility index (Phi) is 3.73. The number of urea groups is 1. The molecule has 0 bridgehead atoms. The van der Waals surface area contributed by atoms with Crippen molar-refractivity contribution >= 4 is 17.7 Å². The molecule has 2 heterocycles. The van der Waals surface area contributed by atoms with Gasteiger partial charge in [0.15, 0.2) is 0 Å². The molecule has 1 atom stereocenters. The first-order valence-corrected chi connectivity index (χ1v) is 6.32. The van der Waals surface area contributed by atoms with Crippen LogP contribution in [0.15, 0.2) is 12.4 Å². The summed E-state index contributed by atoms with van der Waals surface area (Å²) in [5.41, 5.74) is 0.654. The highest BCUT2D eigenvalue weighted by Gasteiger charge is 2.37. The van der Waals surface area contributed by atoms with Crippen LogP contribution in [-0.4, -0.2) is 44.9 Å². The lowest BCUT2D eigenvalue weighted by Gasteiger charge is -2.40. The van der Waals surface area contributed by atoms with Gasteiger partial charge in [-0.25, -0.2) is 4.79 Å². The number of carboxylic acid groups (broad SMARTS) is 1. The molecule has 0 saturated carbocycles. The molecule has 0 spiro atoms. The van der Waals surface area contributed by atoms with Gasteiger partial charge >= 0.3 is 12.0 Å². The number of likely N-dealkylation sites (tertiary alicyclic amines) is 1. The van der Waals surface area contributed by atoms with Crippen LogP contribution in [0, 0.1) is 11.8 Å². The van der Waals surface area contributed by atoms with E-state index < -0.39 is 11.9 Å². The molecule has 2 amide bonds. The van der Waals surface area contributed by atoms with E-state index in [9.17, 15) is 9.59 Å². The van der Waals surface area contributed by atoms with Crippen LogP contribution in [0.3, 0.4) is 0 Å². The van der Waals surface area contributed by atoms with Gasteiger partial charge in [0.25, 0.3) is 0 Å². The Hall–Kier alpha value is -2.05. The lowest BCUT2D eigenvalue weighted by atomic mass is 9.87. The second-order valence-corrected chi connectivity index (χ2v) is 4.81. The predicted octanol–water partition coefficient (Wildman–Crippen LogP) is 1.09. The predicted molar refractivity (Wildman–Crippen MR) is 68.8 cm³/mol. The summed E-state index contributed by atoms with van der Waals surface area (Å²) < 4.78 is 1.72. The van der Waals surface area contributed by atoms with E-state index in [4.69, 9.17) is 5.11 Å². The Morgan fingerprint density at radius 2 is 2.26 bits per heavy atom. The molecule has 7 nitrogen and oxygen atoms in total. The fraction of sp³-hybridized carbons (Fsp3) is 0.583. The molecular weight excluding hydrogens is 248 g/mol. The number of carbonyl (C=O) groups excluding carboxylic acids is 1. The number of nitrogens with one attached hydrogen (secondary N) is 1. The maximum absolute atomic E-state index is 11.9. The number of aliphatic carboxylic acids is 1. The zero-order valence-electron chi connectivity index (χ0n) is 11.0. The third kappa shape index (κ3) is 2.86. The van der Waals surface area contributed by atoms with E-state index >= 15 is 0 Å². The van der Waals surface area contributed by atoms with Crippen LogP contribution >= 0.6 is 0 Å². The molecule has 1 aromatic heterocycles. The zero-order valence-corrected chi connectivity index (χ0v) is 11.0. The molecule has 7 heteroatoms. The van der Waals surface area contributed by atoms with Crippen molar-refractivity contribution in [1.82, 2.24) is 14.7 Å². The van der Waals surface area contributed by atoms with Crippen LogP contribution < -0.4 is 5.32 Å². The second-order valence-electron chi connectivity index (χ2n) is 4.81. The van der Waals surface area contributed by atoms with Crippen molar-refractivity contribution in [2.45, 2.75) is 20.4 Å². The summed E-state index contributed by atoms with van der Waals surface area (Å²) in [6.45, 7) is 5.36. The molecule has 0 aromatic carbocycles. The zero-order chi connectivity index (χ0) is 14.0. The maximum atomic E-state index is 11.9. The quantitative estimate of drug-likeness (QED) is 0.853. The van der Waals surface area contributed by atoms with E-state index in [2.05, 4.69) is 10.4 Å². The van der Waals surface area contributed by atoms with E-state index in [1.807, 2.05) is 6.92 Å². The van der Waals surface area contributed by atoms with E-state index in [1.165, 1.54) is 0 Å². The number of anilines is 1. The molecule has 1 aliphatic heterocycles. The van der Waals surface area contributed by atoms with Gasteiger partial charge in [-0.05, 0) is 6.92 Å². The summed E-state index contributed by atoms with van der Waals surface area (Å²) in [6, 6.07) is -0.204. The Morgan fingerprint density at radius 1 is 1.58 bits per heavy atom. The summed E-state index contributed by atoms with van der Waals surface area (Å²) in [4.78, 5) is 24.3. The minimum absolute atomic E-state index is 0.0432. The lowest BCUT2D eigenvalue weighted by Crippen LogP contribution is -2.54. The van der Waals surface area contributed by atoms with Crippen LogP contribution in [0.5, 0.6) is 0 Å². The largest absolute Gasteiger partial charge is 0.481 e. The molecule has 2 rings (SSSR count). The molecule has 19 heavy (non-hydrogen) atoms. The Bertz CT molecular complexity index is 479. The number of amides is 2. The van der Waals surface area contributed by atoms with Crippen LogP contribution in [0.2, 0.25) is 0 Å². The van der Waals surface area contributed by atoms with Crippen molar-refractivity contribution in [3.8, 4) is 0 Å². The van der Waals surface area contributed by atoms with Crippen molar-refractivity contribution in [1.29, 1.82) is 0 Å². The van der Waals surface area contributed by atoms with Gasteiger partial charge in [-0.15, -0.1) is 0 Å². The molecule has 0 aliphatic carbocycles. The normalized spacial score (nSPS) is 16.8. The van der Waals surface area contributed by atoms with Gasteiger partial charge in [-0.1, -0.05) is 6.92 Å². The number of hydrogen-bond donors (Lipinski definition) is 2. The summed E-state index contributed by atoms with van der Waals surface area (Å²) in [6.07, 6.45) is 3.35. The molecule has 1 aliphatic rings. The highest BCUT2D eigenvalue weighted by atomic mass is 16.4. The number of carboxylic acids is 1. The van der Waals surface area contributed by atoms with Gasteiger partial charge in [-0.3, -0.25) is 9.48 Å². The maximum Gasteiger partial charge on any atom is 0.321 e. The monoisotopic (exact) mass is 266 g/mol. The first kappa shape index (κ1) is 13.4. The van der Waals surface area contributed by atoms with Crippen molar-refractivity contribution in [3.05, 3.63) is 12.4 Å². The molecule has 1 saturated heterocycles. The molecule has 2 N–H and O–H groups in total. The topological polar surface area (TPSA) is 87.5 Å². The van der Waals surface area contributed by atoms with Crippen molar-refractivity contribution in [3.63, 3.8) is 0 Å². The highest BCUT2D eigenvalue weighted by molar-refractivity contribution is 5.89. The minimum Gasteiger partial charge on any atom is -0.481 e. The lowest BCUT2D eigenvalue weighted by molar-refractivity contribution is -0.144. The summed E-state index contributed by atoms with van der Waals surface area (Å²) in [5, 5.41) is 15.7. The van der Waals surface area contributed by atoms with Crippen LogP contribution in [-0.2, 0) is 11.3 Å². The molecule has 1 unspecified atom stereocenters. The Labute approximate surface area is 111 Å². The van der Waals surface area contributed by atoms with E-state index in [0.717, 1.165) is 6.54 Å². The molecule has 1 fully saturated rings. The third-order valence-corrected chi connectivity index (χ3v) is 3.50. The van der Waals surface area contributed by atoms with Crippen LogP contribution in [0.4, 0.5) is 10.5 Å². The van der Waals surface area contributed by atoms with Crippen molar-refractivity contribution in [2.24, 2.45) is 11.8 Å². The number of aromatic nitrogens is 2. The smallest absolute Gasteiger partial charge is 0.321 e. The SMILES string of the molecule is CCn1cc(NC(=O)N2CC(C(C)C(=O)O)C2)cn1. The number of rotatable bonds is 4. The standard InChI is InChI=1S/C12H18N4O3/c1-3-16-7-10(4-13-16)14-12(19)15-5-9(6-15)8(2)11(17)18/h4,7-9H,3,5-6H2,1-2H3,(H,14,19)(H,17,18). The second kappa shape index (κ2) is 5.29. The van der Waals surface area contributed by atoms with Crippen LogP contribution in [0.1, 0.15) is 13.8 Å². The number of carbonyl (C=O) groups is 2. The van der Waals surface area contributed by atoms with Gasteiger partial charge < -0.3 is 15.3 Å². The van der Waals surface area contributed by atoms with Gasteiger partial charge in [0, 0.05) is 31.7 Å². The highest BCUT2D eigenvalue weighted by Crippen LogP contribution is 2.24.